The molecule has 0 saturated heterocycles. The van der Waals surface area contributed by atoms with E-state index in [0.717, 1.165) is 23.6 Å². The van der Waals surface area contributed by atoms with Crippen LogP contribution in [0.25, 0.3) is 0 Å². The summed E-state index contributed by atoms with van der Waals surface area (Å²) in [4.78, 5) is 62.0. The Morgan fingerprint density at radius 3 is 1.38 bits per heavy atom. The molecule has 0 aliphatic heterocycles. The molecule has 0 aliphatic carbocycles. The van der Waals surface area contributed by atoms with Crippen molar-refractivity contribution in [2.45, 2.75) is 44.6 Å². The molecular weight excluding hydrogens is 516 g/mol. The summed E-state index contributed by atoms with van der Waals surface area (Å²) in [5, 5.41) is 19.0. The van der Waals surface area contributed by atoms with Gasteiger partial charge in [-0.25, -0.2) is 4.79 Å². The molecule has 208 valence electrons. The van der Waals surface area contributed by atoms with Crippen LogP contribution in [0.2, 0.25) is 0 Å². The highest BCUT2D eigenvalue weighted by Crippen LogP contribution is 2.35. The Hall–Kier alpha value is -4.79. The normalized spacial score (nSPS) is 12.5. The molecule has 0 spiro atoms. The Bertz CT molecular complexity index is 1220. The molecule has 0 aromatic heterocycles. The van der Waals surface area contributed by atoms with Gasteiger partial charge in [-0.15, -0.1) is 0 Å². The van der Waals surface area contributed by atoms with Gasteiger partial charge in [0.1, 0.15) is 0 Å². The minimum atomic E-state index is -2.74. The van der Waals surface area contributed by atoms with Gasteiger partial charge in [-0.05, 0) is 36.0 Å². The number of aliphatic carboxylic acids is 2. The first-order valence-electron chi connectivity index (χ1n) is 12.6. The van der Waals surface area contributed by atoms with Gasteiger partial charge >= 0.3 is 29.8 Å². The van der Waals surface area contributed by atoms with E-state index in [2.05, 4.69) is 0 Å². The molecule has 9 heteroatoms. The minimum absolute atomic E-state index is 0.187. The lowest BCUT2D eigenvalue weighted by molar-refractivity contribution is -0.187. The van der Waals surface area contributed by atoms with E-state index in [1.165, 1.54) is 0 Å². The molecule has 2 N–H and O–H groups in total. The van der Waals surface area contributed by atoms with Gasteiger partial charge in [0.05, 0.1) is 18.3 Å². The van der Waals surface area contributed by atoms with Crippen molar-refractivity contribution in [3.63, 3.8) is 0 Å². The molecule has 0 fully saturated rings. The summed E-state index contributed by atoms with van der Waals surface area (Å²) in [6, 6.07) is 27.6. The number of hydrogen-bond acceptors (Lipinski definition) is 7. The van der Waals surface area contributed by atoms with E-state index in [9.17, 15) is 34.2 Å². The van der Waals surface area contributed by atoms with Gasteiger partial charge in [0.2, 0.25) is 5.60 Å². The van der Waals surface area contributed by atoms with Crippen molar-refractivity contribution >= 4 is 29.8 Å². The highest BCUT2D eigenvalue weighted by atomic mass is 16.6. The van der Waals surface area contributed by atoms with Crippen molar-refractivity contribution in [1.82, 2.24) is 0 Å². The van der Waals surface area contributed by atoms with Crippen molar-refractivity contribution in [3.8, 4) is 0 Å². The van der Waals surface area contributed by atoms with Crippen molar-refractivity contribution in [2.75, 3.05) is 0 Å². The van der Waals surface area contributed by atoms with E-state index in [-0.39, 0.29) is 19.3 Å². The first-order valence-corrected chi connectivity index (χ1v) is 12.6. The van der Waals surface area contributed by atoms with Crippen molar-refractivity contribution in [2.24, 2.45) is 5.41 Å². The molecule has 0 radical (unpaired) electrons. The fourth-order valence-electron chi connectivity index (χ4n) is 4.69. The standard InChI is InChI=1S/C31H30O9/c1-22(32)40-31(28(36)37,20-26(33)34)21-27(35)39-29(38)30(17-23-11-5-2-6-12-23,18-24-13-7-3-8-14-24)19-25-15-9-4-10-16-25/h2-16H,17-21H2,1H3,(H,33,34)(H,36,37). The molecule has 0 bridgehead atoms. The quantitative estimate of drug-likeness (QED) is 0.240. The van der Waals surface area contributed by atoms with Gasteiger partial charge in [0, 0.05) is 6.92 Å². The summed E-state index contributed by atoms with van der Waals surface area (Å²) >= 11 is 0. The van der Waals surface area contributed by atoms with Crippen LogP contribution in [0.15, 0.2) is 91.0 Å². The van der Waals surface area contributed by atoms with Gasteiger partial charge in [-0.2, -0.15) is 0 Å². The largest absolute Gasteiger partial charge is 0.481 e. The van der Waals surface area contributed by atoms with Gasteiger partial charge in [0.15, 0.2) is 0 Å². The predicted octanol–water partition coefficient (Wildman–Crippen LogP) is 4.02. The molecule has 3 rings (SSSR count). The van der Waals surface area contributed by atoms with Gasteiger partial charge in [0.25, 0.3) is 0 Å². The second kappa shape index (κ2) is 13.3. The number of ether oxygens (including phenoxy) is 2. The zero-order chi connectivity index (χ0) is 29.2. The Balaban J connectivity index is 2.02. The average Bonchev–Trinajstić information content (AvgIpc) is 2.89. The summed E-state index contributed by atoms with van der Waals surface area (Å²) < 4.78 is 10.1. The van der Waals surface area contributed by atoms with Crippen LogP contribution in [0.1, 0.15) is 36.5 Å². The van der Waals surface area contributed by atoms with Gasteiger partial charge < -0.3 is 19.7 Å². The molecule has 0 amide bonds. The molecule has 40 heavy (non-hydrogen) atoms. The summed E-state index contributed by atoms with van der Waals surface area (Å²) in [7, 11) is 0. The molecule has 0 heterocycles. The highest BCUT2D eigenvalue weighted by Gasteiger charge is 2.49. The molecule has 1 atom stereocenters. The third kappa shape index (κ3) is 8.10. The number of carboxylic acid groups (broad SMARTS) is 2. The Labute approximate surface area is 231 Å². The van der Waals surface area contributed by atoms with E-state index in [1.54, 1.807) is 0 Å². The van der Waals surface area contributed by atoms with Crippen LogP contribution in [0.5, 0.6) is 0 Å². The number of rotatable bonds is 13. The SMILES string of the molecule is CC(=O)OC(CC(=O)O)(CC(=O)OC(=O)C(Cc1ccccc1)(Cc1ccccc1)Cc1ccccc1)C(=O)O. The van der Waals surface area contributed by atoms with Crippen molar-refractivity contribution in [1.29, 1.82) is 0 Å². The number of esters is 3. The maximum absolute atomic E-state index is 14.0. The van der Waals surface area contributed by atoms with Crippen LogP contribution >= 0.6 is 0 Å². The van der Waals surface area contributed by atoms with E-state index >= 15 is 0 Å². The maximum atomic E-state index is 14.0. The van der Waals surface area contributed by atoms with Crippen LogP contribution in [0.3, 0.4) is 0 Å². The Morgan fingerprint density at radius 2 is 1.05 bits per heavy atom. The highest BCUT2D eigenvalue weighted by molar-refractivity contribution is 5.95. The molecule has 3 aromatic rings. The molecule has 3 aromatic carbocycles. The lowest BCUT2D eigenvalue weighted by Crippen LogP contribution is -2.48. The lowest BCUT2D eigenvalue weighted by Gasteiger charge is -2.32. The van der Waals surface area contributed by atoms with E-state index in [4.69, 9.17) is 9.47 Å². The van der Waals surface area contributed by atoms with E-state index in [1.807, 2.05) is 91.0 Å². The number of carbonyl (C=O) groups is 5. The number of hydrogen-bond donors (Lipinski definition) is 2. The van der Waals surface area contributed by atoms with Gasteiger partial charge in [-0.1, -0.05) is 91.0 Å². The smallest absolute Gasteiger partial charge is 0.349 e. The van der Waals surface area contributed by atoms with Crippen LogP contribution in [0.4, 0.5) is 0 Å². The van der Waals surface area contributed by atoms with Crippen molar-refractivity contribution < 1.29 is 43.7 Å². The van der Waals surface area contributed by atoms with Crippen LogP contribution in [0, 0.1) is 5.41 Å². The first kappa shape index (κ1) is 29.8. The summed E-state index contributed by atoms with van der Waals surface area (Å²) in [5.74, 6) is -6.80. The zero-order valence-corrected chi connectivity index (χ0v) is 21.9. The molecule has 0 aliphatic rings. The minimum Gasteiger partial charge on any atom is -0.481 e. The number of carboxylic acids is 2. The van der Waals surface area contributed by atoms with E-state index < -0.39 is 53.7 Å². The lowest BCUT2D eigenvalue weighted by atomic mass is 9.72. The first-order chi connectivity index (χ1) is 19.0. The fraction of sp³-hybridized carbons (Fsp3) is 0.258. The van der Waals surface area contributed by atoms with E-state index in [0.29, 0.717) is 0 Å². The third-order valence-corrected chi connectivity index (χ3v) is 6.39. The van der Waals surface area contributed by atoms with Crippen molar-refractivity contribution in [3.05, 3.63) is 108 Å². The number of carbonyl (C=O) groups excluding carboxylic acids is 3. The molecule has 1 unspecified atom stereocenters. The zero-order valence-electron chi connectivity index (χ0n) is 21.9. The second-order valence-electron chi connectivity index (χ2n) is 9.67. The summed E-state index contributed by atoms with van der Waals surface area (Å²) in [5.41, 5.74) is -1.62. The Kier molecular flexibility index (Phi) is 9.92. The average molecular weight is 547 g/mol. The monoisotopic (exact) mass is 546 g/mol. The van der Waals surface area contributed by atoms with Crippen LogP contribution in [-0.2, 0) is 52.7 Å². The maximum Gasteiger partial charge on any atom is 0.349 e. The summed E-state index contributed by atoms with van der Waals surface area (Å²) in [6.07, 6.45) is -1.81. The predicted molar refractivity (Wildman–Crippen MR) is 143 cm³/mol. The number of benzene rings is 3. The second-order valence-corrected chi connectivity index (χ2v) is 9.67. The third-order valence-electron chi connectivity index (χ3n) is 6.39. The van der Waals surface area contributed by atoms with Crippen LogP contribution < -0.4 is 0 Å². The summed E-state index contributed by atoms with van der Waals surface area (Å²) in [6.45, 7) is 0.890. The van der Waals surface area contributed by atoms with Crippen LogP contribution in [-0.4, -0.2) is 45.7 Å². The van der Waals surface area contributed by atoms with Gasteiger partial charge in [-0.3, -0.25) is 19.2 Å². The molecule has 9 nitrogen and oxygen atoms in total. The topological polar surface area (TPSA) is 144 Å². The fourth-order valence-corrected chi connectivity index (χ4v) is 4.69. The Morgan fingerprint density at radius 1 is 0.650 bits per heavy atom. The molecule has 0 saturated carbocycles. The molecular formula is C31H30O9.